The Kier molecular flexibility index (Phi) is 7.31. The molecule has 1 aliphatic heterocycles. The summed E-state index contributed by atoms with van der Waals surface area (Å²) in [6.07, 6.45) is 1.38. The van der Waals surface area contributed by atoms with Gasteiger partial charge in [-0.1, -0.05) is 12.1 Å². The number of aromatic hydroxyl groups is 1. The Morgan fingerprint density at radius 2 is 1.87 bits per heavy atom. The Labute approximate surface area is 180 Å². The summed E-state index contributed by atoms with van der Waals surface area (Å²) >= 11 is 0. The van der Waals surface area contributed by atoms with E-state index in [9.17, 15) is 14.7 Å². The number of amides is 2. The molecule has 164 valence electrons. The van der Waals surface area contributed by atoms with E-state index in [4.69, 9.17) is 9.47 Å². The van der Waals surface area contributed by atoms with Gasteiger partial charge in [-0.3, -0.25) is 9.59 Å². The van der Waals surface area contributed by atoms with E-state index in [0.717, 1.165) is 11.4 Å². The molecule has 2 amide bonds. The number of phenols is 1. The molecule has 31 heavy (non-hydrogen) atoms. The van der Waals surface area contributed by atoms with E-state index in [2.05, 4.69) is 15.4 Å². The van der Waals surface area contributed by atoms with Gasteiger partial charge in [0.2, 0.25) is 0 Å². The van der Waals surface area contributed by atoms with E-state index >= 15 is 0 Å². The average molecular weight is 426 g/mol. The SMILES string of the molecule is CCOc1cc(/C=N\NC(=O)C(=O)N2CCN(c3ccccc3OC)CC2)ccc1O. The molecule has 0 saturated carbocycles. The molecule has 9 heteroatoms. The summed E-state index contributed by atoms with van der Waals surface area (Å²) in [5.41, 5.74) is 3.83. The largest absolute Gasteiger partial charge is 0.504 e. The lowest BCUT2D eigenvalue weighted by Gasteiger charge is -2.36. The first-order valence-electron chi connectivity index (χ1n) is 9.99. The molecule has 1 aliphatic rings. The van der Waals surface area contributed by atoms with Crippen molar-refractivity contribution in [3.05, 3.63) is 48.0 Å². The van der Waals surface area contributed by atoms with Crippen molar-refractivity contribution in [1.82, 2.24) is 10.3 Å². The second-order valence-electron chi connectivity index (χ2n) is 6.81. The fourth-order valence-corrected chi connectivity index (χ4v) is 3.28. The zero-order valence-electron chi connectivity index (χ0n) is 17.6. The predicted molar refractivity (Wildman–Crippen MR) is 117 cm³/mol. The molecule has 2 aromatic carbocycles. The van der Waals surface area contributed by atoms with Gasteiger partial charge < -0.3 is 24.4 Å². The second kappa shape index (κ2) is 10.3. The van der Waals surface area contributed by atoms with Gasteiger partial charge in [-0.15, -0.1) is 0 Å². The van der Waals surface area contributed by atoms with E-state index in [1.165, 1.54) is 17.2 Å². The monoisotopic (exact) mass is 426 g/mol. The van der Waals surface area contributed by atoms with Crippen molar-refractivity contribution < 1.29 is 24.2 Å². The van der Waals surface area contributed by atoms with Gasteiger partial charge >= 0.3 is 11.8 Å². The maximum atomic E-state index is 12.4. The minimum absolute atomic E-state index is 0.0190. The number of anilines is 1. The van der Waals surface area contributed by atoms with Crippen LogP contribution in [-0.2, 0) is 9.59 Å². The zero-order chi connectivity index (χ0) is 22.2. The molecular formula is C22H26N4O5. The lowest BCUT2D eigenvalue weighted by molar-refractivity contribution is -0.146. The summed E-state index contributed by atoms with van der Waals surface area (Å²) in [4.78, 5) is 28.3. The van der Waals surface area contributed by atoms with Crippen molar-refractivity contribution in [2.24, 2.45) is 5.10 Å². The van der Waals surface area contributed by atoms with E-state index in [0.29, 0.717) is 44.1 Å². The number of phenolic OH excluding ortho intramolecular Hbond substituents is 1. The minimum Gasteiger partial charge on any atom is -0.504 e. The van der Waals surface area contributed by atoms with Crippen LogP contribution in [0.15, 0.2) is 47.6 Å². The number of hydrogen-bond donors (Lipinski definition) is 2. The molecule has 0 bridgehead atoms. The summed E-state index contributed by atoms with van der Waals surface area (Å²) in [6, 6.07) is 12.4. The summed E-state index contributed by atoms with van der Waals surface area (Å²) in [6.45, 7) is 4.24. The van der Waals surface area contributed by atoms with Crippen LogP contribution in [0.1, 0.15) is 12.5 Å². The molecule has 0 aliphatic carbocycles. The highest BCUT2D eigenvalue weighted by Crippen LogP contribution is 2.28. The number of methoxy groups -OCH3 is 1. The second-order valence-corrected chi connectivity index (χ2v) is 6.81. The number of hydrogen-bond acceptors (Lipinski definition) is 7. The third-order valence-corrected chi connectivity index (χ3v) is 4.85. The molecule has 1 fully saturated rings. The van der Waals surface area contributed by atoms with Crippen LogP contribution in [0.25, 0.3) is 0 Å². The van der Waals surface area contributed by atoms with Crippen molar-refractivity contribution in [3.63, 3.8) is 0 Å². The molecule has 9 nitrogen and oxygen atoms in total. The van der Waals surface area contributed by atoms with Crippen molar-refractivity contribution in [2.45, 2.75) is 6.92 Å². The summed E-state index contributed by atoms with van der Waals surface area (Å²) in [5.74, 6) is -0.313. The van der Waals surface area contributed by atoms with Gasteiger partial charge in [-0.2, -0.15) is 5.10 Å². The molecular weight excluding hydrogens is 400 g/mol. The molecule has 0 unspecified atom stereocenters. The average Bonchev–Trinajstić information content (AvgIpc) is 2.80. The third kappa shape index (κ3) is 5.44. The van der Waals surface area contributed by atoms with Crippen LogP contribution >= 0.6 is 0 Å². The Hall–Kier alpha value is -3.75. The number of benzene rings is 2. The number of carbonyl (C=O) groups excluding carboxylic acids is 2. The van der Waals surface area contributed by atoms with E-state index < -0.39 is 11.8 Å². The Balaban J connectivity index is 1.52. The number of piperazine rings is 1. The van der Waals surface area contributed by atoms with Crippen LogP contribution in [0.4, 0.5) is 5.69 Å². The van der Waals surface area contributed by atoms with Crippen molar-refractivity contribution >= 4 is 23.7 Å². The molecule has 1 saturated heterocycles. The molecule has 3 rings (SSSR count). The predicted octanol–water partition coefficient (Wildman–Crippen LogP) is 1.60. The van der Waals surface area contributed by atoms with Gasteiger partial charge in [0, 0.05) is 26.2 Å². The molecule has 0 spiro atoms. The summed E-state index contributed by atoms with van der Waals surface area (Å²) in [5, 5.41) is 13.6. The maximum absolute atomic E-state index is 12.4. The first-order chi connectivity index (χ1) is 15.0. The van der Waals surface area contributed by atoms with E-state index in [1.807, 2.05) is 31.2 Å². The van der Waals surface area contributed by atoms with Gasteiger partial charge in [0.1, 0.15) is 5.75 Å². The van der Waals surface area contributed by atoms with Gasteiger partial charge in [-0.25, -0.2) is 5.43 Å². The standard InChI is InChI=1S/C22H26N4O5/c1-3-31-20-14-16(8-9-18(20)27)15-23-24-21(28)22(29)26-12-10-25(11-13-26)17-6-4-5-7-19(17)30-2/h4-9,14-15,27H,3,10-13H2,1-2H3,(H,24,28)/b23-15-. The smallest absolute Gasteiger partial charge is 0.329 e. The Morgan fingerprint density at radius 1 is 1.13 bits per heavy atom. The fourth-order valence-electron chi connectivity index (χ4n) is 3.28. The molecule has 2 aromatic rings. The number of carbonyl (C=O) groups is 2. The van der Waals surface area contributed by atoms with Crippen LogP contribution in [0.3, 0.4) is 0 Å². The number of ether oxygens (including phenoxy) is 2. The normalized spacial score (nSPS) is 13.9. The van der Waals surface area contributed by atoms with E-state index in [-0.39, 0.29) is 5.75 Å². The van der Waals surface area contributed by atoms with Crippen LogP contribution in [0.2, 0.25) is 0 Å². The van der Waals surface area contributed by atoms with Crippen molar-refractivity contribution in [3.8, 4) is 17.2 Å². The molecule has 1 heterocycles. The number of hydrazone groups is 1. The Bertz CT molecular complexity index is 955. The highest BCUT2D eigenvalue weighted by atomic mass is 16.5. The number of nitrogens with zero attached hydrogens (tertiary/aromatic N) is 3. The number of rotatable bonds is 6. The Morgan fingerprint density at radius 3 is 2.58 bits per heavy atom. The van der Waals surface area contributed by atoms with Crippen LogP contribution < -0.4 is 19.8 Å². The number of nitrogens with one attached hydrogen (secondary N) is 1. The summed E-state index contributed by atoms with van der Waals surface area (Å²) in [7, 11) is 1.62. The fraction of sp³-hybridized carbons (Fsp3) is 0.318. The quantitative estimate of drug-likeness (QED) is 0.413. The molecule has 2 N–H and O–H groups in total. The highest BCUT2D eigenvalue weighted by Gasteiger charge is 2.26. The van der Waals surface area contributed by atoms with Crippen LogP contribution in [0, 0.1) is 0 Å². The lowest BCUT2D eigenvalue weighted by Crippen LogP contribution is -2.52. The molecule has 0 aromatic heterocycles. The van der Waals surface area contributed by atoms with Crippen LogP contribution in [0.5, 0.6) is 17.2 Å². The minimum atomic E-state index is -0.800. The molecule has 0 radical (unpaired) electrons. The van der Waals surface area contributed by atoms with E-state index in [1.54, 1.807) is 19.2 Å². The van der Waals surface area contributed by atoms with Crippen molar-refractivity contribution in [2.75, 3.05) is 44.8 Å². The highest BCUT2D eigenvalue weighted by molar-refractivity contribution is 6.35. The van der Waals surface area contributed by atoms with Gasteiger partial charge in [0.25, 0.3) is 0 Å². The maximum Gasteiger partial charge on any atom is 0.329 e. The lowest BCUT2D eigenvalue weighted by atomic mass is 10.2. The first kappa shape index (κ1) is 21.9. The summed E-state index contributed by atoms with van der Waals surface area (Å²) < 4.78 is 10.7. The van der Waals surface area contributed by atoms with Gasteiger partial charge in [0.15, 0.2) is 11.5 Å². The first-order valence-corrected chi connectivity index (χ1v) is 9.99. The van der Waals surface area contributed by atoms with Gasteiger partial charge in [-0.05, 0) is 42.8 Å². The zero-order valence-corrected chi connectivity index (χ0v) is 17.6. The van der Waals surface area contributed by atoms with Crippen LogP contribution in [-0.4, -0.2) is 67.9 Å². The van der Waals surface area contributed by atoms with Gasteiger partial charge in [0.05, 0.1) is 25.6 Å². The topological polar surface area (TPSA) is 104 Å². The number of para-hydroxylation sites is 2. The van der Waals surface area contributed by atoms with Crippen molar-refractivity contribution in [1.29, 1.82) is 0 Å². The third-order valence-electron chi connectivity index (χ3n) is 4.85. The molecule has 0 atom stereocenters.